The predicted octanol–water partition coefficient (Wildman–Crippen LogP) is 0.214. The quantitative estimate of drug-likeness (QED) is 0.772. The summed E-state index contributed by atoms with van der Waals surface area (Å²) in [6.07, 6.45) is 4.69. The molecule has 134 valence electrons. The fraction of sp³-hybridized carbons (Fsp3) is 0.765. The molecule has 2 atom stereocenters. The van der Waals surface area contributed by atoms with Gasteiger partial charge >= 0.3 is 0 Å². The van der Waals surface area contributed by atoms with Crippen LogP contribution in [-0.2, 0) is 9.53 Å². The molecule has 0 bridgehead atoms. The Morgan fingerprint density at radius 2 is 2.08 bits per heavy atom. The summed E-state index contributed by atoms with van der Waals surface area (Å²) in [5.74, 6) is 0.605. The first-order valence-corrected chi connectivity index (χ1v) is 9.01. The summed E-state index contributed by atoms with van der Waals surface area (Å²) in [4.78, 5) is 17.2. The predicted molar refractivity (Wildman–Crippen MR) is 91.8 cm³/mol. The van der Waals surface area contributed by atoms with Crippen LogP contribution in [-0.4, -0.2) is 84.5 Å². The number of nitrogens with one attached hydrogen (secondary N) is 1. The van der Waals surface area contributed by atoms with Crippen LogP contribution in [0, 0.1) is 5.92 Å². The summed E-state index contributed by atoms with van der Waals surface area (Å²) in [7, 11) is 0. The third kappa shape index (κ3) is 4.78. The van der Waals surface area contributed by atoms with E-state index in [1.54, 1.807) is 10.9 Å². The van der Waals surface area contributed by atoms with Gasteiger partial charge < -0.3 is 15.0 Å². The van der Waals surface area contributed by atoms with Gasteiger partial charge in [-0.2, -0.15) is 5.10 Å². The third-order valence-corrected chi connectivity index (χ3v) is 5.07. The Labute approximate surface area is 143 Å². The van der Waals surface area contributed by atoms with Gasteiger partial charge in [-0.05, 0) is 31.9 Å². The van der Waals surface area contributed by atoms with Crippen molar-refractivity contribution in [3.63, 3.8) is 0 Å². The van der Waals surface area contributed by atoms with Gasteiger partial charge in [0.1, 0.15) is 6.04 Å². The van der Waals surface area contributed by atoms with E-state index in [2.05, 4.69) is 20.2 Å². The van der Waals surface area contributed by atoms with Gasteiger partial charge in [0.05, 0.1) is 13.2 Å². The number of ether oxygens (including phenoxy) is 1. The molecule has 1 aromatic rings. The smallest absolute Gasteiger partial charge is 0.244 e. The van der Waals surface area contributed by atoms with E-state index >= 15 is 0 Å². The number of aromatic nitrogens is 2. The molecule has 2 saturated heterocycles. The maximum Gasteiger partial charge on any atom is 0.244 e. The number of rotatable bonds is 7. The molecule has 0 saturated carbocycles. The summed E-state index contributed by atoms with van der Waals surface area (Å²) >= 11 is 0. The first-order chi connectivity index (χ1) is 11.7. The molecule has 2 fully saturated rings. The molecule has 0 spiro atoms. The average Bonchev–Trinajstić information content (AvgIpc) is 3.30. The lowest BCUT2D eigenvalue weighted by Crippen LogP contribution is -2.41. The largest absolute Gasteiger partial charge is 0.379 e. The number of hydrogen-bond acceptors (Lipinski definition) is 5. The molecular formula is C17H29N5O2. The van der Waals surface area contributed by atoms with Crippen molar-refractivity contribution >= 4 is 5.91 Å². The molecule has 1 N–H and O–H groups in total. The lowest BCUT2D eigenvalue weighted by molar-refractivity contribution is -0.124. The van der Waals surface area contributed by atoms with E-state index in [9.17, 15) is 4.79 Å². The first kappa shape index (κ1) is 17.4. The molecule has 24 heavy (non-hydrogen) atoms. The maximum atomic E-state index is 12.2. The SMILES string of the molecule is C[C@H](C(=O)NC[C@H]1CCN(CCN2CCOCC2)C1)n1cccn1. The highest BCUT2D eigenvalue weighted by molar-refractivity contribution is 5.79. The van der Waals surface area contributed by atoms with E-state index in [4.69, 9.17) is 4.74 Å². The number of nitrogens with zero attached hydrogens (tertiary/aromatic N) is 4. The second-order valence-corrected chi connectivity index (χ2v) is 6.82. The Morgan fingerprint density at radius 3 is 2.83 bits per heavy atom. The molecule has 0 unspecified atom stereocenters. The third-order valence-electron chi connectivity index (χ3n) is 5.07. The molecule has 1 aromatic heterocycles. The highest BCUT2D eigenvalue weighted by Gasteiger charge is 2.24. The van der Waals surface area contributed by atoms with Crippen LogP contribution >= 0.6 is 0 Å². The highest BCUT2D eigenvalue weighted by atomic mass is 16.5. The van der Waals surface area contributed by atoms with E-state index in [0.29, 0.717) is 5.92 Å². The molecule has 2 aliphatic heterocycles. The lowest BCUT2D eigenvalue weighted by Gasteiger charge is -2.28. The van der Waals surface area contributed by atoms with Crippen LogP contribution in [0.1, 0.15) is 19.4 Å². The molecule has 3 heterocycles. The Kier molecular flexibility index (Phi) is 6.23. The standard InChI is InChI=1S/C17H29N5O2/c1-15(22-5-2-4-19-22)17(23)18-13-16-3-6-21(14-16)8-7-20-9-11-24-12-10-20/h2,4-5,15-16H,3,6-14H2,1H3,(H,18,23)/t15-,16-/m1/s1. The van der Waals surface area contributed by atoms with Crippen molar-refractivity contribution in [1.29, 1.82) is 0 Å². The minimum absolute atomic E-state index is 0.0467. The van der Waals surface area contributed by atoms with E-state index in [1.165, 1.54) is 6.42 Å². The number of carbonyl (C=O) groups excluding carboxylic acids is 1. The second kappa shape index (κ2) is 8.60. The molecule has 0 aliphatic carbocycles. The Hall–Kier alpha value is -1.44. The van der Waals surface area contributed by atoms with Crippen molar-refractivity contribution in [2.24, 2.45) is 5.92 Å². The monoisotopic (exact) mass is 335 g/mol. The molecule has 1 amide bonds. The fourth-order valence-corrected chi connectivity index (χ4v) is 3.41. The summed E-state index contributed by atoms with van der Waals surface area (Å²) in [6, 6.07) is 1.59. The normalized spacial score (nSPS) is 24.1. The van der Waals surface area contributed by atoms with Gasteiger partial charge in [0.15, 0.2) is 0 Å². The van der Waals surface area contributed by atoms with Crippen molar-refractivity contribution in [2.75, 3.05) is 59.0 Å². The van der Waals surface area contributed by atoms with E-state index in [1.807, 2.05) is 19.2 Å². The van der Waals surface area contributed by atoms with Crippen molar-refractivity contribution < 1.29 is 9.53 Å². The first-order valence-electron chi connectivity index (χ1n) is 9.01. The zero-order valence-electron chi connectivity index (χ0n) is 14.6. The Bertz CT molecular complexity index is 501. The van der Waals surface area contributed by atoms with Gasteiger partial charge in [0.2, 0.25) is 5.91 Å². The van der Waals surface area contributed by atoms with Crippen molar-refractivity contribution in [1.82, 2.24) is 24.9 Å². The average molecular weight is 335 g/mol. The van der Waals surface area contributed by atoms with Crippen LogP contribution < -0.4 is 5.32 Å². The van der Waals surface area contributed by atoms with Crippen LogP contribution in [0.2, 0.25) is 0 Å². The second-order valence-electron chi connectivity index (χ2n) is 6.82. The van der Waals surface area contributed by atoms with E-state index < -0.39 is 0 Å². The van der Waals surface area contributed by atoms with Crippen molar-refractivity contribution in [2.45, 2.75) is 19.4 Å². The van der Waals surface area contributed by atoms with Crippen LogP contribution in [0.5, 0.6) is 0 Å². The summed E-state index contributed by atoms with van der Waals surface area (Å²) in [5, 5.41) is 7.22. The minimum atomic E-state index is -0.251. The molecule has 0 radical (unpaired) electrons. The molecule has 2 aliphatic rings. The maximum absolute atomic E-state index is 12.2. The van der Waals surface area contributed by atoms with E-state index in [0.717, 1.165) is 59.0 Å². The molecule has 7 heteroatoms. The van der Waals surface area contributed by atoms with Crippen LogP contribution in [0.15, 0.2) is 18.5 Å². The van der Waals surface area contributed by atoms with Gasteiger partial charge in [0.25, 0.3) is 0 Å². The van der Waals surface area contributed by atoms with Crippen LogP contribution in [0.4, 0.5) is 0 Å². The van der Waals surface area contributed by atoms with Gasteiger partial charge in [-0.1, -0.05) is 0 Å². The van der Waals surface area contributed by atoms with Crippen LogP contribution in [0.25, 0.3) is 0 Å². The molecule has 3 rings (SSSR count). The number of hydrogen-bond donors (Lipinski definition) is 1. The Balaban J connectivity index is 1.33. The fourth-order valence-electron chi connectivity index (χ4n) is 3.41. The van der Waals surface area contributed by atoms with Crippen molar-refractivity contribution in [3.8, 4) is 0 Å². The zero-order valence-corrected chi connectivity index (χ0v) is 14.6. The van der Waals surface area contributed by atoms with E-state index in [-0.39, 0.29) is 11.9 Å². The number of likely N-dealkylation sites (tertiary alicyclic amines) is 1. The zero-order chi connectivity index (χ0) is 16.8. The minimum Gasteiger partial charge on any atom is -0.379 e. The number of amides is 1. The lowest BCUT2D eigenvalue weighted by atomic mass is 10.1. The number of carbonyl (C=O) groups is 1. The molecule has 0 aromatic carbocycles. The van der Waals surface area contributed by atoms with Crippen LogP contribution in [0.3, 0.4) is 0 Å². The highest BCUT2D eigenvalue weighted by Crippen LogP contribution is 2.15. The van der Waals surface area contributed by atoms with Gasteiger partial charge in [-0.15, -0.1) is 0 Å². The number of morpholine rings is 1. The summed E-state index contributed by atoms with van der Waals surface area (Å²) in [5.41, 5.74) is 0. The van der Waals surface area contributed by atoms with Crippen molar-refractivity contribution in [3.05, 3.63) is 18.5 Å². The van der Waals surface area contributed by atoms with Gasteiger partial charge in [-0.3, -0.25) is 14.4 Å². The summed E-state index contributed by atoms with van der Waals surface area (Å²) in [6.45, 7) is 10.9. The summed E-state index contributed by atoms with van der Waals surface area (Å²) < 4.78 is 7.08. The van der Waals surface area contributed by atoms with Gasteiger partial charge in [0, 0.05) is 51.7 Å². The molecular weight excluding hydrogens is 306 g/mol. The topological polar surface area (TPSA) is 62.6 Å². The molecule has 7 nitrogen and oxygen atoms in total. The van der Waals surface area contributed by atoms with Gasteiger partial charge in [-0.25, -0.2) is 0 Å². The Morgan fingerprint density at radius 1 is 1.29 bits per heavy atom.